The maximum Gasteiger partial charge on any atom is 0.330 e. The third-order valence-corrected chi connectivity index (χ3v) is 11.4. The molecular weight excluding hydrogens is 681 g/mol. The van der Waals surface area contributed by atoms with Crippen molar-refractivity contribution in [3.05, 3.63) is 128 Å². The minimum atomic E-state index is -1.53. The lowest BCUT2D eigenvalue weighted by Crippen LogP contribution is -2.39. The second kappa shape index (κ2) is 17.8. The molecule has 0 radical (unpaired) electrons. The van der Waals surface area contributed by atoms with E-state index in [1.807, 2.05) is 66.7 Å². The summed E-state index contributed by atoms with van der Waals surface area (Å²) in [5.41, 5.74) is 0.730. The molecule has 11 nitrogen and oxygen atoms in total. The Labute approximate surface area is 307 Å². The number of hydrogen-bond donors (Lipinski definition) is 2. The van der Waals surface area contributed by atoms with Crippen molar-refractivity contribution < 1.29 is 28.4 Å². The predicted molar refractivity (Wildman–Crippen MR) is 203 cm³/mol. The highest BCUT2D eigenvalue weighted by atomic mass is 31.2. The van der Waals surface area contributed by atoms with E-state index < -0.39 is 43.8 Å². The normalized spacial score (nSPS) is 19.3. The molecular formula is C40H52N3O8P. The molecule has 0 amide bonds. The SMILES string of the molecule is CCCCOP(OC1CC(n2cc(C)c(=O)[nH]c2=O)OC1COC(c1ccccc1)(c1ccc(O)cc1)c1ccc(OC)cc1)N(C(C)C)C(C)C. The standard InChI is InChI=1S/C40H52N3O8P/c1-8-9-23-49-52(43(27(2)3)28(4)5)51-35-24-37(42-25-29(6)38(45)41-39(42)46)50-36(35)26-48-40(30-13-11-10-12-14-30,31-15-19-33(44)20-16-31)32-17-21-34(47-7)22-18-32/h10-22,25,27-28,35-37,44H,8-9,23-24,26H2,1-7H3,(H,41,45,46). The second-order valence-electron chi connectivity index (χ2n) is 13.6. The molecule has 1 aliphatic rings. The first-order valence-electron chi connectivity index (χ1n) is 18.0. The molecule has 0 spiro atoms. The monoisotopic (exact) mass is 733 g/mol. The number of aryl methyl sites for hydroxylation is 1. The second-order valence-corrected chi connectivity index (χ2v) is 15.0. The molecule has 12 heteroatoms. The average molecular weight is 734 g/mol. The van der Waals surface area contributed by atoms with E-state index in [9.17, 15) is 14.7 Å². The van der Waals surface area contributed by atoms with Crippen LogP contribution in [0.2, 0.25) is 0 Å². The Hall–Kier alpha value is -3.83. The highest BCUT2D eigenvalue weighted by molar-refractivity contribution is 7.44. The van der Waals surface area contributed by atoms with Gasteiger partial charge in [-0.15, -0.1) is 0 Å². The number of phenolic OH excluding ortho intramolecular Hbond substituents is 1. The molecule has 0 saturated carbocycles. The molecule has 1 fully saturated rings. The van der Waals surface area contributed by atoms with Gasteiger partial charge in [0.25, 0.3) is 14.1 Å². The van der Waals surface area contributed by atoms with Gasteiger partial charge < -0.3 is 28.4 Å². The topological polar surface area (TPSA) is 124 Å². The Morgan fingerprint density at radius 1 is 0.962 bits per heavy atom. The number of aromatic hydroxyl groups is 1. The highest BCUT2D eigenvalue weighted by Crippen LogP contribution is 2.50. The smallest absolute Gasteiger partial charge is 0.330 e. The zero-order valence-corrected chi connectivity index (χ0v) is 32.0. The van der Waals surface area contributed by atoms with Crippen LogP contribution in [-0.2, 0) is 24.1 Å². The summed E-state index contributed by atoms with van der Waals surface area (Å²) in [6, 6.07) is 24.9. The molecule has 1 saturated heterocycles. The number of hydrogen-bond acceptors (Lipinski definition) is 9. The molecule has 5 atom stereocenters. The predicted octanol–water partition coefficient (Wildman–Crippen LogP) is 7.40. The molecule has 4 aromatic rings. The van der Waals surface area contributed by atoms with Crippen molar-refractivity contribution in [2.45, 2.75) is 96.9 Å². The first kappa shape index (κ1) is 39.4. The third-order valence-electron chi connectivity index (χ3n) is 9.22. The van der Waals surface area contributed by atoms with E-state index in [4.69, 9.17) is 23.3 Å². The summed E-state index contributed by atoms with van der Waals surface area (Å²) < 4.78 is 36.5. The fraction of sp³-hybridized carbons (Fsp3) is 0.450. The van der Waals surface area contributed by atoms with E-state index in [1.54, 1.807) is 26.2 Å². The summed E-state index contributed by atoms with van der Waals surface area (Å²) in [4.78, 5) is 27.8. The molecule has 1 aromatic heterocycles. The average Bonchev–Trinajstić information content (AvgIpc) is 3.53. The number of rotatable bonds is 17. The Kier molecular flexibility index (Phi) is 13.5. The van der Waals surface area contributed by atoms with Gasteiger partial charge >= 0.3 is 5.69 Å². The first-order chi connectivity index (χ1) is 25.0. The first-order valence-corrected chi connectivity index (χ1v) is 19.1. The van der Waals surface area contributed by atoms with E-state index in [0.29, 0.717) is 24.3 Å². The Morgan fingerprint density at radius 3 is 2.17 bits per heavy atom. The van der Waals surface area contributed by atoms with E-state index >= 15 is 0 Å². The zero-order valence-electron chi connectivity index (χ0n) is 31.2. The van der Waals surface area contributed by atoms with Gasteiger partial charge in [0.05, 0.1) is 26.4 Å². The summed E-state index contributed by atoms with van der Waals surface area (Å²) in [7, 11) is 0.0966. The minimum absolute atomic E-state index is 0.0571. The summed E-state index contributed by atoms with van der Waals surface area (Å²) in [6.07, 6.45) is 1.80. The van der Waals surface area contributed by atoms with Crippen molar-refractivity contribution in [2.75, 3.05) is 20.3 Å². The van der Waals surface area contributed by atoms with Crippen LogP contribution in [0, 0.1) is 6.92 Å². The number of phenols is 1. The summed E-state index contributed by atoms with van der Waals surface area (Å²) in [6.45, 7) is 12.9. The molecule has 2 heterocycles. The molecule has 2 N–H and O–H groups in total. The van der Waals surface area contributed by atoms with Crippen LogP contribution in [0.5, 0.6) is 11.5 Å². The van der Waals surface area contributed by atoms with Gasteiger partial charge in [0.2, 0.25) is 0 Å². The molecule has 0 aliphatic carbocycles. The van der Waals surface area contributed by atoms with Gasteiger partial charge in [0, 0.05) is 30.3 Å². The van der Waals surface area contributed by atoms with E-state index in [0.717, 1.165) is 29.5 Å². The van der Waals surface area contributed by atoms with Gasteiger partial charge in [-0.2, -0.15) is 0 Å². The third kappa shape index (κ3) is 8.85. The molecule has 52 heavy (non-hydrogen) atoms. The molecule has 280 valence electrons. The number of nitrogens with zero attached hydrogens (tertiary/aromatic N) is 2. The molecule has 5 unspecified atom stereocenters. The minimum Gasteiger partial charge on any atom is -0.508 e. The van der Waals surface area contributed by atoms with Crippen LogP contribution >= 0.6 is 8.53 Å². The Bertz CT molecular complexity index is 1820. The fourth-order valence-electron chi connectivity index (χ4n) is 6.61. The van der Waals surface area contributed by atoms with Crippen LogP contribution in [0.1, 0.15) is 82.4 Å². The van der Waals surface area contributed by atoms with Crippen molar-refractivity contribution >= 4 is 8.53 Å². The van der Waals surface area contributed by atoms with Crippen LogP contribution in [0.4, 0.5) is 0 Å². The van der Waals surface area contributed by atoms with Crippen LogP contribution in [0.15, 0.2) is 94.6 Å². The molecule has 3 aromatic carbocycles. The molecule has 5 rings (SSSR count). The lowest BCUT2D eigenvalue weighted by molar-refractivity contribution is -0.0926. The summed E-state index contributed by atoms with van der Waals surface area (Å²) >= 11 is 0. The van der Waals surface area contributed by atoms with Crippen LogP contribution in [-0.4, -0.2) is 63.9 Å². The van der Waals surface area contributed by atoms with Crippen molar-refractivity contribution in [3.63, 3.8) is 0 Å². The van der Waals surface area contributed by atoms with Crippen molar-refractivity contribution in [1.29, 1.82) is 0 Å². The van der Waals surface area contributed by atoms with E-state index in [-0.39, 0.29) is 24.4 Å². The molecule has 0 bridgehead atoms. The number of unbranched alkanes of at least 4 members (excludes halogenated alkanes) is 1. The number of H-pyrrole nitrogens is 1. The lowest BCUT2D eigenvalue weighted by atomic mass is 9.80. The van der Waals surface area contributed by atoms with Crippen LogP contribution in [0.25, 0.3) is 0 Å². The van der Waals surface area contributed by atoms with Crippen molar-refractivity contribution in [2.24, 2.45) is 0 Å². The van der Waals surface area contributed by atoms with Gasteiger partial charge in [-0.05, 0) is 82.0 Å². The summed E-state index contributed by atoms with van der Waals surface area (Å²) in [5, 5.41) is 10.3. The zero-order chi connectivity index (χ0) is 37.4. The van der Waals surface area contributed by atoms with Crippen molar-refractivity contribution in [3.8, 4) is 11.5 Å². The van der Waals surface area contributed by atoms with Gasteiger partial charge in [-0.3, -0.25) is 14.3 Å². The number of ether oxygens (including phenoxy) is 3. The number of nitrogens with one attached hydrogen (secondary N) is 1. The largest absolute Gasteiger partial charge is 0.508 e. The van der Waals surface area contributed by atoms with Crippen molar-refractivity contribution in [1.82, 2.24) is 14.2 Å². The van der Waals surface area contributed by atoms with Gasteiger partial charge in [-0.25, -0.2) is 9.46 Å². The van der Waals surface area contributed by atoms with E-state index in [2.05, 4.69) is 44.3 Å². The fourth-order valence-corrected chi connectivity index (χ4v) is 8.41. The Balaban J connectivity index is 1.59. The van der Waals surface area contributed by atoms with Crippen LogP contribution in [0.3, 0.4) is 0 Å². The Morgan fingerprint density at radius 2 is 1.58 bits per heavy atom. The van der Waals surface area contributed by atoms with Crippen LogP contribution < -0.4 is 16.0 Å². The summed E-state index contributed by atoms with van der Waals surface area (Å²) in [5.74, 6) is 0.832. The van der Waals surface area contributed by atoms with Gasteiger partial charge in [0.15, 0.2) is 0 Å². The quantitative estimate of drug-likeness (QED) is 0.0649. The number of aromatic amines is 1. The number of benzene rings is 3. The van der Waals surface area contributed by atoms with E-state index in [1.165, 1.54) is 10.8 Å². The number of aromatic nitrogens is 2. The van der Waals surface area contributed by atoms with Gasteiger partial charge in [0.1, 0.15) is 29.4 Å². The highest BCUT2D eigenvalue weighted by Gasteiger charge is 2.45. The maximum atomic E-state index is 13.1. The molecule has 1 aliphatic heterocycles. The lowest BCUT2D eigenvalue weighted by Gasteiger charge is -2.39. The van der Waals surface area contributed by atoms with Gasteiger partial charge in [-0.1, -0.05) is 67.9 Å². The maximum absolute atomic E-state index is 13.1. The number of methoxy groups -OCH3 is 1.